The monoisotopic (exact) mass is 313 g/mol. The molecular formula is C14H20BrNS. The van der Waals surface area contributed by atoms with Crippen molar-refractivity contribution in [2.45, 2.75) is 42.2 Å². The van der Waals surface area contributed by atoms with Crippen LogP contribution in [-0.2, 0) is 0 Å². The van der Waals surface area contributed by atoms with E-state index in [4.69, 9.17) is 5.73 Å². The molecule has 17 heavy (non-hydrogen) atoms. The lowest BCUT2D eigenvalue weighted by Gasteiger charge is -2.29. The zero-order chi connectivity index (χ0) is 12.1. The number of thioether (sulfide) groups is 1. The third kappa shape index (κ3) is 4.01. The molecule has 0 aromatic heterocycles. The van der Waals surface area contributed by atoms with Crippen LogP contribution in [0.25, 0.3) is 0 Å². The van der Waals surface area contributed by atoms with E-state index in [1.54, 1.807) is 0 Å². The van der Waals surface area contributed by atoms with Gasteiger partial charge in [-0.3, -0.25) is 0 Å². The van der Waals surface area contributed by atoms with Crippen LogP contribution in [0.5, 0.6) is 0 Å². The normalized spacial score (nSPS) is 19.2. The molecule has 1 unspecified atom stereocenters. The van der Waals surface area contributed by atoms with E-state index in [-0.39, 0.29) is 0 Å². The molecule has 0 radical (unpaired) electrons. The maximum absolute atomic E-state index is 5.95. The molecule has 0 saturated heterocycles. The van der Waals surface area contributed by atoms with Crippen LogP contribution in [0.4, 0.5) is 0 Å². The van der Waals surface area contributed by atoms with Crippen LogP contribution >= 0.6 is 27.7 Å². The first-order valence-electron chi connectivity index (χ1n) is 6.42. The smallest absolute Gasteiger partial charge is 0.0245 e. The lowest BCUT2D eigenvalue weighted by Crippen LogP contribution is -2.27. The Morgan fingerprint density at radius 2 is 1.82 bits per heavy atom. The van der Waals surface area contributed by atoms with E-state index in [1.807, 2.05) is 11.8 Å². The largest absolute Gasteiger partial charge is 0.329 e. The van der Waals surface area contributed by atoms with Crippen molar-refractivity contribution in [3.8, 4) is 0 Å². The first-order chi connectivity index (χ1) is 8.29. The van der Waals surface area contributed by atoms with Gasteiger partial charge >= 0.3 is 0 Å². The fourth-order valence-electron chi connectivity index (χ4n) is 2.53. The predicted molar refractivity (Wildman–Crippen MR) is 79.4 cm³/mol. The van der Waals surface area contributed by atoms with E-state index in [1.165, 1.54) is 37.0 Å². The second-order valence-corrected chi connectivity index (χ2v) is 6.97. The third-order valence-corrected chi connectivity index (χ3v) is 5.46. The van der Waals surface area contributed by atoms with Crippen molar-refractivity contribution in [3.63, 3.8) is 0 Å². The van der Waals surface area contributed by atoms with Gasteiger partial charge in [0.1, 0.15) is 0 Å². The summed E-state index contributed by atoms with van der Waals surface area (Å²) in [5.41, 5.74) is 5.95. The van der Waals surface area contributed by atoms with Crippen LogP contribution in [0.2, 0.25) is 0 Å². The van der Waals surface area contributed by atoms with Crippen molar-refractivity contribution in [1.82, 2.24) is 0 Å². The first-order valence-corrected chi connectivity index (χ1v) is 8.09. The van der Waals surface area contributed by atoms with Crippen LogP contribution in [0.15, 0.2) is 33.6 Å². The third-order valence-electron chi connectivity index (χ3n) is 3.51. The van der Waals surface area contributed by atoms with Crippen LogP contribution in [-0.4, -0.2) is 11.8 Å². The Morgan fingerprint density at radius 1 is 1.18 bits per heavy atom. The van der Waals surface area contributed by atoms with Gasteiger partial charge in [0, 0.05) is 21.2 Å². The topological polar surface area (TPSA) is 26.0 Å². The lowest BCUT2D eigenvalue weighted by molar-refractivity contribution is 0.351. The average Bonchev–Trinajstić information content (AvgIpc) is 2.39. The minimum absolute atomic E-state index is 0.594. The van der Waals surface area contributed by atoms with Gasteiger partial charge in [0.2, 0.25) is 0 Å². The van der Waals surface area contributed by atoms with Gasteiger partial charge in [-0.2, -0.15) is 0 Å². The van der Waals surface area contributed by atoms with E-state index >= 15 is 0 Å². The molecule has 2 rings (SSSR count). The number of rotatable bonds is 4. The van der Waals surface area contributed by atoms with E-state index < -0.39 is 0 Å². The summed E-state index contributed by atoms with van der Waals surface area (Å²) in [6.45, 7) is 0.797. The molecule has 1 aliphatic carbocycles. The number of nitrogens with two attached hydrogens (primary N) is 1. The summed E-state index contributed by atoms with van der Waals surface area (Å²) < 4.78 is 1.14. The Kier molecular flexibility index (Phi) is 5.39. The van der Waals surface area contributed by atoms with Crippen molar-refractivity contribution >= 4 is 27.7 Å². The van der Waals surface area contributed by atoms with Crippen LogP contribution in [0.3, 0.4) is 0 Å². The second-order valence-electron chi connectivity index (χ2n) is 4.74. The molecule has 2 N–H and O–H groups in total. The van der Waals surface area contributed by atoms with Crippen molar-refractivity contribution in [2.24, 2.45) is 11.7 Å². The Balaban J connectivity index is 1.96. The van der Waals surface area contributed by atoms with Crippen LogP contribution in [0.1, 0.15) is 32.1 Å². The number of halogens is 1. The molecule has 0 amide bonds. The maximum Gasteiger partial charge on any atom is 0.0245 e. The quantitative estimate of drug-likeness (QED) is 0.831. The molecule has 94 valence electrons. The highest BCUT2D eigenvalue weighted by Crippen LogP contribution is 2.35. The summed E-state index contributed by atoms with van der Waals surface area (Å²) in [6.07, 6.45) is 6.93. The predicted octanol–water partition coefficient (Wildman–Crippen LogP) is 4.45. The molecular weight excluding hydrogens is 294 g/mol. The van der Waals surface area contributed by atoms with Crippen molar-refractivity contribution < 1.29 is 0 Å². The van der Waals surface area contributed by atoms with Gasteiger partial charge in [-0.25, -0.2) is 0 Å². The van der Waals surface area contributed by atoms with Crippen LogP contribution in [0, 0.1) is 5.92 Å². The molecule has 1 atom stereocenters. The molecule has 1 aliphatic rings. The van der Waals surface area contributed by atoms with Gasteiger partial charge in [0.25, 0.3) is 0 Å². The van der Waals surface area contributed by atoms with E-state index in [2.05, 4.69) is 40.2 Å². The summed E-state index contributed by atoms with van der Waals surface area (Å²) in [7, 11) is 0. The van der Waals surface area contributed by atoms with E-state index in [0.29, 0.717) is 5.25 Å². The Bertz CT molecular complexity index is 333. The zero-order valence-electron chi connectivity index (χ0n) is 10.1. The Hall–Kier alpha value is 0.01000. The lowest BCUT2D eigenvalue weighted by atomic mass is 9.87. The van der Waals surface area contributed by atoms with Gasteiger partial charge in [-0.05, 0) is 43.0 Å². The standard InChI is InChI=1S/C14H20BrNS/c15-12-6-8-13(9-7-12)17-14(10-16)11-4-2-1-3-5-11/h6-9,11,14H,1-5,10,16H2. The summed E-state index contributed by atoms with van der Waals surface area (Å²) in [5.74, 6) is 0.822. The maximum atomic E-state index is 5.95. The van der Waals surface area contributed by atoms with Crippen molar-refractivity contribution in [3.05, 3.63) is 28.7 Å². The number of hydrogen-bond acceptors (Lipinski definition) is 2. The summed E-state index contributed by atoms with van der Waals surface area (Å²) in [4.78, 5) is 1.34. The Morgan fingerprint density at radius 3 is 2.41 bits per heavy atom. The molecule has 1 saturated carbocycles. The molecule has 0 bridgehead atoms. The van der Waals surface area contributed by atoms with Gasteiger partial charge in [0.15, 0.2) is 0 Å². The van der Waals surface area contributed by atoms with Crippen molar-refractivity contribution in [1.29, 1.82) is 0 Å². The molecule has 0 heterocycles. The fourth-order valence-corrected chi connectivity index (χ4v) is 4.00. The fraction of sp³-hybridized carbons (Fsp3) is 0.571. The minimum atomic E-state index is 0.594. The van der Waals surface area contributed by atoms with Gasteiger partial charge < -0.3 is 5.73 Å². The molecule has 1 aromatic carbocycles. The number of hydrogen-bond donors (Lipinski definition) is 1. The highest BCUT2D eigenvalue weighted by atomic mass is 79.9. The average molecular weight is 314 g/mol. The van der Waals surface area contributed by atoms with Crippen molar-refractivity contribution in [2.75, 3.05) is 6.54 Å². The zero-order valence-corrected chi connectivity index (χ0v) is 12.5. The van der Waals surface area contributed by atoms with Gasteiger partial charge in [0.05, 0.1) is 0 Å². The summed E-state index contributed by atoms with van der Waals surface area (Å²) in [6, 6.07) is 8.58. The molecule has 1 fully saturated rings. The molecule has 0 aliphatic heterocycles. The summed E-state index contributed by atoms with van der Waals surface area (Å²) in [5, 5.41) is 0.594. The van der Waals surface area contributed by atoms with Gasteiger partial charge in [-0.1, -0.05) is 35.2 Å². The molecule has 0 spiro atoms. The van der Waals surface area contributed by atoms with Crippen LogP contribution < -0.4 is 5.73 Å². The molecule has 1 nitrogen and oxygen atoms in total. The van der Waals surface area contributed by atoms with E-state index in [0.717, 1.165) is 16.9 Å². The van der Waals surface area contributed by atoms with Gasteiger partial charge in [-0.15, -0.1) is 11.8 Å². The molecule has 1 aromatic rings. The molecule has 3 heteroatoms. The second kappa shape index (κ2) is 6.81. The summed E-state index contributed by atoms with van der Waals surface area (Å²) >= 11 is 5.43. The van der Waals surface area contributed by atoms with E-state index in [9.17, 15) is 0 Å². The Labute approximate surface area is 117 Å². The highest BCUT2D eigenvalue weighted by Gasteiger charge is 2.23. The minimum Gasteiger partial charge on any atom is -0.329 e. The number of benzene rings is 1. The highest BCUT2D eigenvalue weighted by molar-refractivity contribution is 9.10. The first kappa shape index (κ1) is 13.4. The SMILES string of the molecule is NCC(Sc1ccc(Br)cc1)C1CCCCC1.